The van der Waals surface area contributed by atoms with E-state index in [0.717, 1.165) is 25.7 Å². The van der Waals surface area contributed by atoms with Gasteiger partial charge in [-0.25, -0.2) is 0 Å². The molecule has 23 heavy (non-hydrogen) atoms. The van der Waals surface area contributed by atoms with Crippen molar-refractivity contribution in [3.8, 4) is 0 Å². The second-order valence-electron chi connectivity index (χ2n) is 5.09. The number of anilines is 1. The van der Waals surface area contributed by atoms with Crippen molar-refractivity contribution in [2.45, 2.75) is 45.4 Å². The first-order chi connectivity index (χ1) is 10.9. The third-order valence-electron chi connectivity index (χ3n) is 3.17. The summed E-state index contributed by atoms with van der Waals surface area (Å²) in [6.07, 6.45) is 5.62. The van der Waals surface area contributed by atoms with Gasteiger partial charge in [0.2, 0.25) is 5.91 Å². The minimum absolute atomic E-state index is 0.0361. The molecule has 1 aromatic carbocycles. The van der Waals surface area contributed by atoms with Gasteiger partial charge in [-0.1, -0.05) is 44.2 Å². The number of nitro groups is 1. The van der Waals surface area contributed by atoms with E-state index in [2.05, 4.69) is 17.6 Å². The molecule has 6 nitrogen and oxygen atoms in total. The van der Waals surface area contributed by atoms with Crippen molar-refractivity contribution < 1.29 is 9.72 Å². The molecule has 0 saturated heterocycles. The highest BCUT2D eigenvalue weighted by Crippen LogP contribution is 2.27. The SMILES string of the molecule is CCCCCCCC(=O)NC(=S)Nc1ccc(Cl)cc1[N+](=O)[O-]. The zero-order valence-corrected chi connectivity index (χ0v) is 14.5. The van der Waals surface area contributed by atoms with Gasteiger partial charge in [-0.3, -0.25) is 14.9 Å². The number of carbonyl (C=O) groups is 1. The number of nitrogens with zero attached hydrogens (tertiary/aromatic N) is 1. The van der Waals surface area contributed by atoms with Crippen LogP contribution < -0.4 is 10.6 Å². The molecule has 0 bridgehead atoms. The highest BCUT2D eigenvalue weighted by Gasteiger charge is 2.15. The third kappa shape index (κ3) is 7.38. The Morgan fingerprint density at radius 3 is 2.65 bits per heavy atom. The molecule has 0 fully saturated rings. The summed E-state index contributed by atoms with van der Waals surface area (Å²) in [5.74, 6) is -0.199. The summed E-state index contributed by atoms with van der Waals surface area (Å²) in [5, 5.41) is 16.5. The third-order valence-corrected chi connectivity index (χ3v) is 3.60. The summed E-state index contributed by atoms with van der Waals surface area (Å²) in [4.78, 5) is 22.2. The second-order valence-corrected chi connectivity index (χ2v) is 5.93. The number of amides is 1. The molecule has 0 heterocycles. The minimum atomic E-state index is -0.563. The van der Waals surface area contributed by atoms with Gasteiger partial charge in [-0.05, 0) is 30.8 Å². The van der Waals surface area contributed by atoms with Gasteiger partial charge in [0, 0.05) is 17.5 Å². The zero-order valence-electron chi connectivity index (χ0n) is 12.9. The topological polar surface area (TPSA) is 84.3 Å². The molecule has 0 aliphatic rings. The first-order valence-electron chi connectivity index (χ1n) is 7.48. The Morgan fingerprint density at radius 1 is 1.30 bits per heavy atom. The first-order valence-corrected chi connectivity index (χ1v) is 8.27. The van der Waals surface area contributed by atoms with Crippen molar-refractivity contribution >= 4 is 46.2 Å². The van der Waals surface area contributed by atoms with E-state index < -0.39 is 4.92 Å². The Labute approximate surface area is 145 Å². The average molecular weight is 358 g/mol. The Hall–Kier alpha value is -1.73. The predicted molar refractivity (Wildman–Crippen MR) is 95.8 cm³/mol. The van der Waals surface area contributed by atoms with E-state index >= 15 is 0 Å². The lowest BCUT2D eigenvalue weighted by Gasteiger charge is -2.10. The molecule has 0 radical (unpaired) electrons. The molecule has 0 saturated carbocycles. The number of rotatable bonds is 8. The molecule has 0 atom stereocenters. The number of nitro benzene ring substituents is 1. The number of hydrogen-bond donors (Lipinski definition) is 2. The number of benzene rings is 1. The minimum Gasteiger partial charge on any atom is -0.327 e. The summed E-state index contributed by atoms with van der Waals surface area (Å²) < 4.78 is 0. The normalized spacial score (nSPS) is 10.2. The number of halogens is 1. The van der Waals surface area contributed by atoms with Gasteiger partial charge in [-0.15, -0.1) is 0 Å². The van der Waals surface area contributed by atoms with E-state index in [1.54, 1.807) is 0 Å². The predicted octanol–water partition coefficient (Wildman–Crippen LogP) is 4.42. The fourth-order valence-electron chi connectivity index (χ4n) is 1.99. The van der Waals surface area contributed by atoms with Crippen molar-refractivity contribution in [3.05, 3.63) is 33.3 Å². The monoisotopic (exact) mass is 357 g/mol. The maximum Gasteiger partial charge on any atom is 0.294 e. The maximum absolute atomic E-state index is 11.8. The van der Waals surface area contributed by atoms with Crippen molar-refractivity contribution in [2.24, 2.45) is 0 Å². The molecule has 8 heteroatoms. The number of hydrogen-bond acceptors (Lipinski definition) is 4. The average Bonchev–Trinajstić information content (AvgIpc) is 2.48. The number of carbonyl (C=O) groups excluding carboxylic acids is 1. The van der Waals surface area contributed by atoms with Gasteiger partial charge >= 0.3 is 0 Å². The fraction of sp³-hybridized carbons (Fsp3) is 0.467. The van der Waals surface area contributed by atoms with E-state index in [9.17, 15) is 14.9 Å². The van der Waals surface area contributed by atoms with Gasteiger partial charge in [0.1, 0.15) is 5.69 Å². The van der Waals surface area contributed by atoms with Crippen LogP contribution in [-0.4, -0.2) is 15.9 Å². The number of unbranched alkanes of at least 4 members (excludes halogenated alkanes) is 4. The zero-order chi connectivity index (χ0) is 17.2. The van der Waals surface area contributed by atoms with Gasteiger partial charge in [-0.2, -0.15) is 0 Å². The smallest absolute Gasteiger partial charge is 0.294 e. The molecular formula is C15H20ClN3O3S. The van der Waals surface area contributed by atoms with Crippen LogP contribution in [0, 0.1) is 10.1 Å². The lowest BCUT2D eigenvalue weighted by atomic mass is 10.1. The van der Waals surface area contributed by atoms with Crippen LogP contribution >= 0.6 is 23.8 Å². The van der Waals surface area contributed by atoms with Gasteiger partial charge in [0.25, 0.3) is 5.69 Å². The standard InChI is InChI=1S/C15H20ClN3O3S/c1-2-3-4-5-6-7-14(20)18-15(23)17-12-9-8-11(16)10-13(12)19(21)22/h8-10H,2-7H2,1H3,(H2,17,18,20,23). The quantitative estimate of drug-likeness (QED) is 0.311. The Morgan fingerprint density at radius 2 is 2.00 bits per heavy atom. The van der Waals surface area contributed by atoms with E-state index in [1.165, 1.54) is 24.6 Å². The van der Waals surface area contributed by atoms with Crippen LogP contribution in [0.3, 0.4) is 0 Å². The molecule has 1 rings (SSSR count). The summed E-state index contributed by atoms with van der Waals surface area (Å²) in [7, 11) is 0. The van der Waals surface area contributed by atoms with Crippen LogP contribution in [0.15, 0.2) is 18.2 Å². The molecule has 0 aliphatic heterocycles. The van der Waals surface area contributed by atoms with E-state index in [1.807, 2.05) is 0 Å². The molecule has 1 aromatic rings. The highest BCUT2D eigenvalue weighted by molar-refractivity contribution is 7.80. The molecule has 0 unspecified atom stereocenters. The van der Waals surface area contributed by atoms with Gasteiger partial charge in [0.15, 0.2) is 5.11 Å². The van der Waals surface area contributed by atoms with Crippen LogP contribution in [0.25, 0.3) is 0 Å². The molecule has 0 aliphatic carbocycles. The van der Waals surface area contributed by atoms with Gasteiger partial charge in [0.05, 0.1) is 4.92 Å². The van der Waals surface area contributed by atoms with Gasteiger partial charge < -0.3 is 10.6 Å². The maximum atomic E-state index is 11.8. The van der Waals surface area contributed by atoms with Crippen LogP contribution in [0.1, 0.15) is 45.4 Å². The van der Waals surface area contributed by atoms with Crippen LogP contribution in [0.2, 0.25) is 5.02 Å². The molecule has 2 N–H and O–H groups in total. The summed E-state index contributed by atoms with van der Waals surface area (Å²) in [5.41, 5.74) is -0.0127. The van der Waals surface area contributed by atoms with Crippen molar-refractivity contribution in [1.29, 1.82) is 0 Å². The summed E-state index contributed by atoms with van der Waals surface area (Å²) in [6.45, 7) is 2.13. The van der Waals surface area contributed by atoms with Crippen LogP contribution in [-0.2, 0) is 4.79 Å². The lowest BCUT2D eigenvalue weighted by Crippen LogP contribution is -2.34. The van der Waals surface area contributed by atoms with E-state index in [4.69, 9.17) is 23.8 Å². The molecule has 126 valence electrons. The van der Waals surface area contributed by atoms with Crippen molar-refractivity contribution in [2.75, 3.05) is 5.32 Å². The molecule has 0 spiro atoms. The lowest BCUT2D eigenvalue weighted by molar-refractivity contribution is -0.383. The summed E-state index contributed by atoms with van der Waals surface area (Å²) in [6, 6.07) is 4.18. The molecule has 1 amide bonds. The number of nitrogens with one attached hydrogen (secondary N) is 2. The largest absolute Gasteiger partial charge is 0.327 e. The highest BCUT2D eigenvalue weighted by atomic mass is 35.5. The Balaban J connectivity index is 2.47. The van der Waals surface area contributed by atoms with E-state index in [0.29, 0.717) is 6.42 Å². The molecular weight excluding hydrogens is 338 g/mol. The van der Waals surface area contributed by atoms with Crippen LogP contribution in [0.5, 0.6) is 0 Å². The number of thiocarbonyl (C=S) groups is 1. The first kappa shape index (κ1) is 19.3. The Bertz CT molecular complexity index is 581. The summed E-state index contributed by atoms with van der Waals surface area (Å²) >= 11 is 10.8. The molecule has 0 aromatic heterocycles. The van der Waals surface area contributed by atoms with Crippen molar-refractivity contribution in [3.63, 3.8) is 0 Å². The van der Waals surface area contributed by atoms with Crippen molar-refractivity contribution in [1.82, 2.24) is 5.32 Å². The Kier molecular flexibility index (Phi) is 8.50. The fourth-order valence-corrected chi connectivity index (χ4v) is 2.38. The second kappa shape index (κ2) is 10.1. The van der Waals surface area contributed by atoms with E-state index in [-0.39, 0.29) is 27.4 Å². The van der Waals surface area contributed by atoms with Crippen LogP contribution in [0.4, 0.5) is 11.4 Å².